The molecule has 2 atom stereocenters. The van der Waals surface area contributed by atoms with Crippen LogP contribution in [-0.2, 0) is 0 Å². The van der Waals surface area contributed by atoms with Crippen LogP contribution in [0.1, 0.15) is 44.2 Å². The normalized spacial score (nSPS) is 22.2. The van der Waals surface area contributed by atoms with E-state index in [2.05, 4.69) is 11.9 Å². The van der Waals surface area contributed by atoms with Crippen molar-refractivity contribution in [1.29, 1.82) is 0 Å². The number of nitrogens with zero attached hydrogens (tertiary/aromatic N) is 1. The van der Waals surface area contributed by atoms with Crippen molar-refractivity contribution in [2.24, 2.45) is 5.73 Å². The smallest absolute Gasteiger partial charge is 0.119 e. The van der Waals surface area contributed by atoms with Crippen LogP contribution in [0, 0.1) is 0 Å². The predicted molar refractivity (Wildman–Crippen MR) is 79.4 cm³/mol. The highest BCUT2D eigenvalue weighted by Gasteiger charge is 2.18. The molecule has 1 unspecified atom stereocenters. The summed E-state index contributed by atoms with van der Waals surface area (Å²) >= 11 is 0. The van der Waals surface area contributed by atoms with Gasteiger partial charge < -0.3 is 15.4 Å². The van der Waals surface area contributed by atoms with Gasteiger partial charge in [0.05, 0.1) is 6.61 Å². The maximum absolute atomic E-state index is 5.83. The van der Waals surface area contributed by atoms with Crippen LogP contribution in [0.15, 0.2) is 24.3 Å². The molecule has 0 aliphatic carbocycles. The quantitative estimate of drug-likeness (QED) is 0.886. The van der Waals surface area contributed by atoms with Gasteiger partial charge in [0.1, 0.15) is 5.75 Å². The number of piperidine rings is 1. The van der Waals surface area contributed by atoms with E-state index in [-0.39, 0.29) is 6.04 Å². The highest BCUT2D eigenvalue weighted by Crippen LogP contribution is 2.19. The number of hydrogen-bond acceptors (Lipinski definition) is 3. The SMILES string of the molecule is C[C@@H](N)c1ccc(OCCC2CCCCN2C)cc1. The van der Waals surface area contributed by atoms with Gasteiger partial charge in [-0.25, -0.2) is 0 Å². The number of rotatable bonds is 5. The van der Waals surface area contributed by atoms with Crippen molar-refractivity contribution in [2.75, 3.05) is 20.2 Å². The minimum Gasteiger partial charge on any atom is -0.494 e. The Morgan fingerprint density at radius 2 is 2.05 bits per heavy atom. The van der Waals surface area contributed by atoms with Crippen LogP contribution in [-0.4, -0.2) is 31.1 Å². The number of ether oxygens (including phenoxy) is 1. The third kappa shape index (κ3) is 4.22. The fourth-order valence-corrected chi connectivity index (χ4v) is 2.69. The molecule has 3 nitrogen and oxygen atoms in total. The molecule has 2 rings (SSSR count). The van der Waals surface area contributed by atoms with Gasteiger partial charge in [-0.2, -0.15) is 0 Å². The molecule has 0 amide bonds. The first-order valence-corrected chi connectivity index (χ1v) is 7.35. The van der Waals surface area contributed by atoms with Crippen molar-refractivity contribution in [3.63, 3.8) is 0 Å². The fourth-order valence-electron chi connectivity index (χ4n) is 2.69. The lowest BCUT2D eigenvalue weighted by Gasteiger charge is -2.32. The highest BCUT2D eigenvalue weighted by atomic mass is 16.5. The zero-order valence-electron chi connectivity index (χ0n) is 12.1. The standard InChI is InChI=1S/C16H26N2O/c1-13(17)14-6-8-16(9-7-14)19-12-10-15-5-3-4-11-18(15)2/h6-9,13,15H,3-5,10-12,17H2,1-2H3/t13-,15?/m1/s1. The number of hydrogen-bond donors (Lipinski definition) is 1. The van der Waals surface area contributed by atoms with E-state index >= 15 is 0 Å². The lowest BCUT2D eigenvalue weighted by molar-refractivity contribution is 0.153. The van der Waals surface area contributed by atoms with Crippen LogP contribution in [0.4, 0.5) is 0 Å². The van der Waals surface area contributed by atoms with Gasteiger partial charge >= 0.3 is 0 Å². The van der Waals surface area contributed by atoms with E-state index in [1.807, 2.05) is 31.2 Å². The summed E-state index contributed by atoms with van der Waals surface area (Å²) < 4.78 is 5.82. The van der Waals surface area contributed by atoms with Crippen molar-refractivity contribution in [1.82, 2.24) is 4.90 Å². The van der Waals surface area contributed by atoms with E-state index < -0.39 is 0 Å². The molecule has 1 aliphatic rings. The molecular weight excluding hydrogens is 236 g/mol. The van der Waals surface area contributed by atoms with E-state index in [0.29, 0.717) is 6.04 Å². The van der Waals surface area contributed by atoms with Gasteiger partial charge in [-0.05, 0) is 57.5 Å². The lowest BCUT2D eigenvalue weighted by Crippen LogP contribution is -2.37. The Labute approximate surface area is 116 Å². The summed E-state index contributed by atoms with van der Waals surface area (Å²) in [6.45, 7) is 4.02. The molecule has 0 aromatic heterocycles. The highest BCUT2D eigenvalue weighted by molar-refractivity contribution is 5.28. The second kappa shape index (κ2) is 6.92. The summed E-state index contributed by atoms with van der Waals surface area (Å²) in [4.78, 5) is 2.46. The van der Waals surface area contributed by atoms with Crippen molar-refractivity contribution in [2.45, 2.75) is 44.7 Å². The maximum Gasteiger partial charge on any atom is 0.119 e. The molecule has 0 radical (unpaired) electrons. The molecule has 1 heterocycles. The summed E-state index contributed by atoms with van der Waals surface area (Å²) in [6, 6.07) is 8.91. The van der Waals surface area contributed by atoms with E-state index in [9.17, 15) is 0 Å². The summed E-state index contributed by atoms with van der Waals surface area (Å²) in [5.74, 6) is 0.947. The first-order chi connectivity index (χ1) is 9.16. The van der Waals surface area contributed by atoms with E-state index in [0.717, 1.165) is 24.3 Å². The summed E-state index contributed by atoms with van der Waals surface area (Å²) in [6.07, 6.45) is 5.12. The van der Waals surface area contributed by atoms with Crippen molar-refractivity contribution in [3.05, 3.63) is 29.8 Å². The molecule has 0 spiro atoms. The molecule has 0 saturated carbocycles. The Hall–Kier alpha value is -1.06. The molecule has 1 aromatic carbocycles. The van der Waals surface area contributed by atoms with Crippen molar-refractivity contribution >= 4 is 0 Å². The summed E-state index contributed by atoms with van der Waals surface area (Å²) in [5.41, 5.74) is 6.98. The largest absolute Gasteiger partial charge is 0.494 e. The first kappa shape index (κ1) is 14.4. The molecule has 2 N–H and O–H groups in total. The van der Waals surface area contributed by atoms with Crippen molar-refractivity contribution < 1.29 is 4.74 Å². The number of benzene rings is 1. The van der Waals surface area contributed by atoms with Crippen LogP contribution in [0.3, 0.4) is 0 Å². The zero-order chi connectivity index (χ0) is 13.7. The molecule has 106 valence electrons. The topological polar surface area (TPSA) is 38.5 Å². The molecule has 3 heteroatoms. The molecule has 0 bridgehead atoms. The van der Waals surface area contributed by atoms with Crippen molar-refractivity contribution in [3.8, 4) is 5.75 Å². The van der Waals surface area contributed by atoms with Gasteiger partial charge in [-0.1, -0.05) is 18.6 Å². The van der Waals surface area contributed by atoms with E-state index in [1.165, 1.54) is 25.8 Å². The predicted octanol–water partition coefficient (Wildman–Crippen LogP) is 2.96. The van der Waals surface area contributed by atoms with Gasteiger partial charge in [0.15, 0.2) is 0 Å². The summed E-state index contributed by atoms with van der Waals surface area (Å²) in [7, 11) is 2.22. The number of nitrogens with two attached hydrogens (primary N) is 1. The lowest BCUT2D eigenvalue weighted by atomic mass is 10.0. The average Bonchev–Trinajstić information content (AvgIpc) is 2.41. The maximum atomic E-state index is 5.83. The molecule has 19 heavy (non-hydrogen) atoms. The van der Waals surface area contributed by atoms with Crippen LogP contribution in [0.25, 0.3) is 0 Å². The molecule has 1 saturated heterocycles. The molecular formula is C16H26N2O. The second-order valence-corrected chi connectivity index (χ2v) is 5.63. The van der Waals surface area contributed by atoms with E-state index in [1.54, 1.807) is 0 Å². The third-order valence-electron chi connectivity index (χ3n) is 4.05. The Morgan fingerprint density at radius 3 is 2.68 bits per heavy atom. The fraction of sp³-hybridized carbons (Fsp3) is 0.625. The Morgan fingerprint density at radius 1 is 1.32 bits per heavy atom. The van der Waals surface area contributed by atoms with Gasteiger partial charge in [0, 0.05) is 12.1 Å². The van der Waals surface area contributed by atoms with Gasteiger partial charge in [-0.15, -0.1) is 0 Å². The monoisotopic (exact) mass is 262 g/mol. The molecule has 1 aliphatic heterocycles. The molecule has 1 fully saturated rings. The minimum absolute atomic E-state index is 0.0879. The average molecular weight is 262 g/mol. The van der Waals surface area contributed by atoms with Gasteiger partial charge in [0.25, 0.3) is 0 Å². The Bertz CT molecular complexity index is 375. The Balaban J connectivity index is 1.75. The van der Waals surface area contributed by atoms with Crippen LogP contribution in [0.2, 0.25) is 0 Å². The summed E-state index contributed by atoms with van der Waals surface area (Å²) in [5, 5.41) is 0. The van der Waals surface area contributed by atoms with Crippen LogP contribution < -0.4 is 10.5 Å². The van der Waals surface area contributed by atoms with E-state index in [4.69, 9.17) is 10.5 Å². The van der Waals surface area contributed by atoms with Crippen LogP contribution >= 0.6 is 0 Å². The van der Waals surface area contributed by atoms with Gasteiger partial charge in [-0.3, -0.25) is 0 Å². The molecule has 1 aromatic rings. The van der Waals surface area contributed by atoms with Gasteiger partial charge in [0.2, 0.25) is 0 Å². The first-order valence-electron chi connectivity index (χ1n) is 7.35. The zero-order valence-corrected chi connectivity index (χ0v) is 12.1. The second-order valence-electron chi connectivity index (χ2n) is 5.63. The minimum atomic E-state index is 0.0879. The third-order valence-corrected chi connectivity index (χ3v) is 4.05. The number of likely N-dealkylation sites (tertiary alicyclic amines) is 1. The Kier molecular flexibility index (Phi) is 5.23. The van der Waals surface area contributed by atoms with Crippen LogP contribution in [0.5, 0.6) is 5.75 Å².